The van der Waals surface area contributed by atoms with Crippen molar-refractivity contribution in [3.8, 4) is 17.0 Å². The van der Waals surface area contributed by atoms with E-state index in [-0.39, 0.29) is 18.6 Å². The van der Waals surface area contributed by atoms with Crippen molar-refractivity contribution in [2.75, 3.05) is 32.6 Å². The van der Waals surface area contributed by atoms with Crippen molar-refractivity contribution in [1.82, 2.24) is 29.3 Å². The molecule has 0 spiro atoms. The lowest BCUT2D eigenvalue weighted by molar-refractivity contribution is -0.143. The molecular formula is C23H22ClN7O4. The molecule has 1 fully saturated rings. The first-order valence-electron chi connectivity index (χ1n) is 10.8. The van der Waals surface area contributed by atoms with Crippen LogP contribution in [0.4, 0.5) is 5.69 Å². The summed E-state index contributed by atoms with van der Waals surface area (Å²) in [4.78, 5) is 31.8. The molecule has 1 aromatic carbocycles. The summed E-state index contributed by atoms with van der Waals surface area (Å²) in [6.45, 7) is 1.08. The summed E-state index contributed by atoms with van der Waals surface area (Å²) < 4.78 is 13.7. The molecule has 2 amide bonds. The van der Waals surface area contributed by atoms with Crippen molar-refractivity contribution in [3.05, 3.63) is 59.6 Å². The molecule has 1 saturated heterocycles. The molecule has 180 valence electrons. The minimum Gasteiger partial charge on any atom is -0.496 e. The second kappa shape index (κ2) is 9.35. The zero-order valence-corrected chi connectivity index (χ0v) is 19.8. The van der Waals surface area contributed by atoms with Crippen LogP contribution < -0.4 is 10.1 Å². The van der Waals surface area contributed by atoms with Gasteiger partial charge in [-0.2, -0.15) is 10.2 Å². The van der Waals surface area contributed by atoms with Crippen LogP contribution in [0.25, 0.3) is 16.9 Å². The first kappa shape index (κ1) is 22.8. The van der Waals surface area contributed by atoms with Crippen LogP contribution in [-0.2, 0) is 16.1 Å². The largest absolute Gasteiger partial charge is 0.496 e. The summed E-state index contributed by atoms with van der Waals surface area (Å²) in [6, 6.07) is 6.83. The van der Waals surface area contributed by atoms with E-state index in [1.54, 1.807) is 54.9 Å². The smallest absolute Gasteiger partial charge is 0.261 e. The summed E-state index contributed by atoms with van der Waals surface area (Å²) in [7, 11) is 3.16. The molecule has 0 saturated carbocycles. The van der Waals surface area contributed by atoms with Crippen molar-refractivity contribution in [3.63, 3.8) is 0 Å². The lowest BCUT2D eigenvalue weighted by atomic mass is 10.1. The topological polar surface area (TPSA) is 116 Å². The second-order valence-electron chi connectivity index (χ2n) is 7.99. The predicted molar refractivity (Wildman–Crippen MR) is 128 cm³/mol. The Balaban J connectivity index is 1.48. The Morgan fingerprint density at radius 2 is 2.09 bits per heavy atom. The highest BCUT2D eigenvalue weighted by molar-refractivity contribution is 6.31. The molecular weight excluding hydrogens is 474 g/mol. The number of carbonyl (C=O) groups excluding carboxylic acids is 2. The van der Waals surface area contributed by atoms with Crippen molar-refractivity contribution < 1.29 is 19.1 Å². The minimum atomic E-state index is -0.419. The van der Waals surface area contributed by atoms with Gasteiger partial charge in [0.2, 0.25) is 5.91 Å². The average molecular weight is 496 g/mol. The quantitative estimate of drug-likeness (QED) is 0.418. The molecule has 0 unspecified atom stereocenters. The van der Waals surface area contributed by atoms with Gasteiger partial charge in [0.15, 0.2) is 5.65 Å². The SMILES string of the molecule is COc1ccc(Cl)cc1-c1nn(CC(=O)N2CC(OC)C2)cc1NC(=O)c1cnn2cccnc12. The normalized spacial score (nSPS) is 13.6. The van der Waals surface area contributed by atoms with Gasteiger partial charge in [0, 0.05) is 49.4 Å². The van der Waals surface area contributed by atoms with Crippen molar-refractivity contribution in [2.45, 2.75) is 12.6 Å². The molecule has 0 radical (unpaired) electrons. The molecule has 12 heteroatoms. The second-order valence-corrected chi connectivity index (χ2v) is 8.43. The molecule has 1 aliphatic rings. The zero-order valence-electron chi connectivity index (χ0n) is 19.0. The number of halogens is 1. The third-order valence-corrected chi connectivity index (χ3v) is 6.02. The Hall–Kier alpha value is -3.96. The fourth-order valence-corrected chi connectivity index (χ4v) is 4.04. The number of carbonyl (C=O) groups is 2. The summed E-state index contributed by atoms with van der Waals surface area (Å²) in [5.74, 6) is -0.00239. The summed E-state index contributed by atoms with van der Waals surface area (Å²) in [5.41, 5.74) is 2.08. The standard InChI is InChI=1S/C23H22ClN7O4/c1-34-15-10-29(11-15)20(32)13-30-12-18(21(28-30)16-8-14(24)4-5-19(16)35-2)27-23(33)17-9-26-31-7-3-6-25-22(17)31/h3-9,12,15H,10-11,13H2,1-2H3,(H,27,33). The number of anilines is 1. The van der Waals surface area contributed by atoms with Crippen LogP contribution in [0.5, 0.6) is 5.75 Å². The number of aromatic nitrogens is 5. The Morgan fingerprint density at radius 3 is 2.86 bits per heavy atom. The van der Waals surface area contributed by atoms with Gasteiger partial charge in [-0.3, -0.25) is 14.3 Å². The molecule has 1 aliphatic heterocycles. The van der Waals surface area contributed by atoms with Gasteiger partial charge in [-0.1, -0.05) is 11.6 Å². The Kier molecular flexibility index (Phi) is 6.10. The van der Waals surface area contributed by atoms with Crippen LogP contribution in [0, 0.1) is 0 Å². The molecule has 4 aromatic rings. The van der Waals surface area contributed by atoms with Crippen LogP contribution in [0.1, 0.15) is 10.4 Å². The molecule has 35 heavy (non-hydrogen) atoms. The van der Waals surface area contributed by atoms with Crippen LogP contribution in [-0.4, -0.2) is 74.5 Å². The number of amides is 2. The Labute approximate surface area is 205 Å². The number of hydrogen-bond acceptors (Lipinski definition) is 7. The number of nitrogens with zero attached hydrogens (tertiary/aromatic N) is 6. The molecule has 11 nitrogen and oxygen atoms in total. The number of hydrogen-bond donors (Lipinski definition) is 1. The maximum absolute atomic E-state index is 13.2. The lowest BCUT2D eigenvalue weighted by Gasteiger charge is -2.38. The number of ether oxygens (including phenoxy) is 2. The number of benzene rings is 1. The van der Waals surface area contributed by atoms with Gasteiger partial charge >= 0.3 is 0 Å². The first-order valence-corrected chi connectivity index (χ1v) is 11.2. The van der Waals surface area contributed by atoms with Gasteiger partial charge in [-0.05, 0) is 24.3 Å². The summed E-state index contributed by atoms with van der Waals surface area (Å²) >= 11 is 6.25. The lowest BCUT2D eigenvalue weighted by Crippen LogP contribution is -2.55. The van der Waals surface area contributed by atoms with Crippen LogP contribution >= 0.6 is 11.6 Å². The van der Waals surface area contributed by atoms with Gasteiger partial charge in [0.1, 0.15) is 23.6 Å². The van der Waals surface area contributed by atoms with Gasteiger partial charge in [0.25, 0.3) is 5.91 Å². The highest BCUT2D eigenvalue weighted by atomic mass is 35.5. The van der Waals surface area contributed by atoms with Crippen molar-refractivity contribution >= 4 is 34.7 Å². The molecule has 4 heterocycles. The number of rotatable bonds is 7. The number of methoxy groups -OCH3 is 2. The van der Waals surface area contributed by atoms with E-state index in [1.165, 1.54) is 22.5 Å². The molecule has 5 rings (SSSR count). The van der Waals surface area contributed by atoms with Gasteiger partial charge in [0.05, 0.1) is 25.1 Å². The summed E-state index contributed by atoms with van der Waals surface area (Å²) in [5, 5.41) is 12.1. The zero-order chi connectivity index (χ0) is 24.5. The van der Waals surface area contributed by atoms with Crippen LogP contribution in [0.15, 0.2) is 49.1 Å². The summed E-state index contributed by atoms with van der Waals surface area (Å²) in [6.07, 6.45) is 6.40. The molecule has 0 aliphatic carbocycles. The highest BCUT2D eigenvalue weighted by Crippen LogP contribution is 2.36. The number of fused-ring (bicyclic) bond motifs is 1. The maximum atomic E-state index is 13.2. The van der Waals surface area contributed by atoms with E-state index in [4.69, 9.17) is 21.1 Å². The number of nitrogens with one attached hydrogen (secondary N) is 1. The average Bonchev–Trinajstić information content (AvgIpc) is 3.42. The molecule has 0 atom stereocenters. The van der Waals surface area contributed by atoms with E-state index in [2.05, 4.69) is 20.5 Å². The van der Waals surface area contributed by atoms with Gasteiger partial charge in [-0.25, -0.2) is 9.50 Å². The Bertz CT molecular complexity index is 1410. The number of likely N-dealkylation sites (tertiary alicyclic amines) is 1. The monoisotopic (exact) mass is 495 g/mol. The fraction of sp³-hybridized carbons (Fsp3) is 0.261. The van der Waals surface area contributed by atoms with E-state index >= 15 is 0 Å². The maximum Gasteiger partial charge on any atom is 0.261 e. The fourth-order valence-electron chi connectivity index (χ4n) is 3.86. The van der Waals surface area contributed by atoms with E-state index in [0.717, 1.165) is 0 Å². The third-order valence-electron chi connectivity index (χ3n) is 5.78. The third kappa shape index (κ3) is 4.43. The van der Waals surface area contributed by atoms with Crippen molar-refractivity contribution in [2.24, 2.45) is 0 Å². The molecule has 0 bridgehead atoms. The van der Waals surface area contributed by atoms with Crippen molar-refractivity contribution in [1.29, 1.82) is 0 Å². The van der Waals surface area contributed by atoms with E-state index < -0.39 is 5.91 Å². The van der Waals surface area contributed by atoms with E-state index in [0.29, 0.717) is 52.0 Å². The van der Waals surface area contributed by atoms with E-state index in [9.17, 15) is 9.59 Å². The predicted octanol–water partition coefficient (Wildman–Crippen LogP) is 2.36. The molecule has 3 aromatic heterocycles. The minimum absolute atomic E-state index is 0.000453. The highest BCUT2D eigenvalue weighted by Gasteiger charge is 2.31. The first-order chi connectivity index (χ1) is 17.0. The molecule has 1 N–H and O–H groups in total. The van der Waals surface area contributed by atoms with Gasteiger partial charge in [-0.15, -0.1) is 0 Å². The van der Waals surface area contributed by atoms with Crippen LogP contribution in [0.3, 0.4) is 0 Å². The Morgan fingerprint density at radius 1 is 1.26 bits per heavy atom. The van der Waals surface area contributed by atoms with E-state index in [1.807, 2.05) is 0 Å². The van der Waals surface area contributed by atoms with Gasteiger partial charge < -0.3 is 19.7 Å². The van der Waals surface area contributed by atoms with Crippen LogP contribution in [0.2, 0.25) is 5.02 Å².